The Morgan fingerprint density at radius 2 is 2.28 bits per heavy atom. The van der Waals surface area contributed by atoms with Gasteiger partial charge in [0.15, 0.2) is 0 Å². The van der Waals surface area contributed by atoms with Gasteiger partial charge in [0.2, 0.25) is 0 Å². The Morgan fingerprint density at radius 1 is 1.39 bits per heavy atom. The van der Waals surface area contributed by atoms with Gasteiger partial charge in [0.05, 0.1) is 7.11 Å². The lowest BCUT2D eigenvalue weighted by atomic mass is 9.84. The fourth-order valence-electron chi connectivity index (χ4n) is 2.62. The summed E-state index contributed by atoms with van der Waals surface area (Å²) in [6, 6.07) is 6.43. The van der Waals surface area contributed by atoms with E-state index in [1.165, 1.54) is 24.0 Å². The maximum atomic E-state index is 8.74. The van der Waals surface area contributed by atoms with Gasteiger partial charge in [0, 0.05) is 6.61 Å². The number of ether oxygens (including phenoxy) is 1. The van der Waals surface area contributed by atoms with Gasteiger partial charge in [-0.2, -0.15) is 0 Å². The average molecular weight is 249 g/mol. The van der Waals surface area contributed by atoms with Crippen LogP contribution >= 0.6 is 0 Å². The van der Waals surface area contributed by atoms with Crippen LogP contribution in [0.2, 0.25) is 0 Å². The van der Waals surface area contributed by atoms with Crippen LogP contribution in [0.15, 0.2) is 18.2 Å². The zero-order valence-electron chi connectivity index (χ0n) is 11.1. The highest BCUT2D eigenvalue weighted by Gasteiger charge is 2.18. The van der Waals surface area contributed by atoms with Crippen molar-refractivity contribution in [2.75, 3.05) is 26.8 Å². The molecule has 0 aliphatic heterocycles. The lowest BCUT2D eigenvalue weighted by molar-refractivity contribution is 0.283. The average Bonchev–Trinajstić information content (AvgIpc) is 2.42. The number of hydrogen-bond acceptors (Lipinski definition) is 3. The second-order valence-electron chi connectivity index (χ2n) is 5.02. The van der Waals surface area contributed by atoms with Crippen LogP contribution in [0.5, 0.6) is 5.75 Å². The number of fused-ring (bicyclic) bond motifs is 1. The quantitative estimate of drug-likeness (QED) is 0.755. The van der Waals surface area contributed by atoms with Crippen LogP contribution < -0.4 is 10.1 Å². The molecule has 0 saturated heterocycles. The van der Waals surface area contributed by atoms with Gasteiger partial charge in [-0.25, -0.2) is 0 Å². The molecule has 1 aliphatic carbocycles. The van der Waals surface area contributed by atoms with E-state index in [-0.39, 0.29) is 6.61 Å². The molecule has 3 nitrogen and oxygen atoms in total. The van der Waals surface area contributed by atoms with Crippen LogP contribution in [0.1, 0.15) is 24.0 Å². The minimum absolute atomic E-state index is 0.275. The number of hydrogen-bond donors (Lipinski definition) is 2. The molecule has 1 unspecified atom stereocenters. The SMILES string of the molecule is COc1ccc2c(c1)CC(CNCCCO)CC2. The first-order valence-electron chi connectivity index (χ1n) is 6.81. The third kappa shape index (κ3) is 3.47. The van der Waals surface area contributed by atoms with Crippen molar-refractivity contribution in [3.8, 4) is 5.75 Å². The Labute approximate surface area is 109 Å². The van der Waals surface area contributed by atoms with Gasteiger partial charge < -0.3 is 15.2 Å². The molecule has 1 aromatic carbocycles. The monoisotopic (exact) mass is 249 g/mol. The zero-order chi connectivity index (χ0) is 12.8. The van der Waals surface area contributed by atoms with Gasteiger partial charge in [-0.3, -0.25) is 0 Å². The van der Waals surface area contributed by atoms with Crippen LogP contribution in [0.3, 0.4) is 0 Å². The predicted octanol–water partition coefficient (Wildman–Crippen LogP) is 1.77. The van der Waals surface area contributed by atoms with Gasteiger partial charge in [0.25, 0.3) is 0 Å². The first-order valence-corrected chi connectivity index (χ1v) is 6.81. The molecule has 0 radical (unpaired) electrons. The van der Waals surface area contributed by atoms with Crippen LogP contribution in [0.4, 0.5) is 0 Å². The van der Waals surface area contributed by atoms with E-state index in [4.69, 9.17) is 9.84 Å². The van der Waals surface area contributed by atoms with Gasteiger partial charge in [-0.1, -0.05) is 6.07 Å². The van der Waals surface area contributed by atoms with E-state index in [2.05, 4.69) is 23.5 Å². The van der Waals surface area contributed by atoms with Crippen molar-refractivity contribution >= 4 is 0 Å². The molecule has 0 heterocycles. The predicted molar refractivity (Wildman–Crippen MR) is 73.1 cm³/mol. The highest BCUT2D eigenvalue weighted by Crippen LogP contribution is 2.28. The minimum Gasteiger partial charge on any atom is -0.497 e. The van der Waals surface area contributed by atoms with Crippen molar-refractivity contribution < 1.29 is 9.84 Å². The molecule has 3 heteroatoms. The molecule has 18 heavy (non-hydrogen) atoms. The van der Waals surface area contributed by atoms with Crippen molar-refractivity contribution in [1.29, 1.82) is 0 Å². The molecule has 1 atom stereocenters. The summed E-state index contributed by atoms with van der Waals surface area (Å²) >= 11 is 0. The molecule has 0 bridgehead atoms. The van der Waals surface area contributed by atoms with Crippen LogP contribution in [0, 0.1) is 5.92 Å². The topological polar surface area (TPSA) is 41.5 Å². The molecule has 0 amide bonds. The van der Waals surface area contributed by atoms with E-state index in [0.717, 1.165) is 31.7 Å². The van der Waals surface area contributed by atoms with Crippen molar-refractivity contribution in [3.63, 3.8) is 0 Å². The maximum absolute atomic E-state index is 8.74. The largest absolute Gasteiger partial charge is 0.497 e. The Kier molecular flexibility index (Phi) is 5.02. The number of aliphatic hydroxyl groups is 1. The van der Waals surface area contributed by atoms with E-state index in [0.29, 0.717) is 5.92 Å². The van der Waals surface area contributed by atoms with Crippen molar-refractivity contribution in [3.05, 3.63) is 29.3 Å². The van der Waals surface area contributed by atoms with Crippen LogP contribution in [-0.2, 0) is 12.8 Å². The molecule has 100 valence electrons. The van der Waals surface area contributed by atoms with E-state index >= 15 is 0 Å². The Balaban J connectivity index is 1.88. The summed E-state index contributed by atoms with van der Waals surface area (Å²) in [5.41, 5.74) is 2.91. The number of aliphatic hydroxyl groups excluding tert-OH is 1. The summed E-state index contributed by atoms with van der Waals surface area (Å²) in [7, 11) is 1.72. The second kappa shape index (κ2) is 6.76. The minimum atomic E-state index is 0.275. The second-order valence-corrected chi connectivity index (χ2v) is 5.02. The highest BCUT2D eigenvalue weighted by molar-refractivity contribution is 5.37. The summed E-state index contributed by atoms with van der Waals surface area (Å²) in [4.78, 5) is 0. The van der Waals surface area contributed by atoms with Gasteiger partial charge in [0.1, 0.15) is 5.75 Å². The molecule has 1 aromatic rings. The van der Waals surface area contributed by atoms with Crippen molar-refractivity contribution in [2.45, 2.75) is 25.7 Å². The van der Waals surface area contributed by atoms with Crippen molar-refractivity contribution in [2.24, 2.45) is 5.92 Å². The molecular weight excluding hydrogens is 226 g/mol. The molecule has 0 spiro atoms. The Hall–Kier alpha value is -1.06. The number of methoxy groups -OCH3 is 1. The molecule has 2 N–H and O–H groups in total. The third-order valence-electron chi connectivity index (χ3n) is 3.69. The summed E-state index contributed by atoms with van der Waals surface area (Å²) in [6.07, 6.45) is 4.41. The maximum Gasteiger partial charge on any atom is 0.119 e. The first kappa shape index (κ1) is 13.4. The summed E-state index contributed by atoms with van der Waals surface area (Å²) < 4.78 is 5.29. The fourth-order valence-corrected chi connectivity index (χ4v) is 2.62. The number of rotatable bonds is 6. The standard InChI is InChI=1S/C15H23NO2/c1-18-15-6-5-13-4-3-12(9-14(13)10-15)11-16-7-2-8-17/h5-6,10,12,16-17H,2-4,7-9,11H2,1H3. The molecule has 0 aromatic heterocycles. The molecule has 0 saturated carbocycles. The highest BCUT2D eigenvalue weighted by atomic mass is 16.5. The third-order valence-corrected chi connectivity index (χ3v) is 3.69. The zero-order valence-corrected chi connectivity index (χ0v) is 11.1. The summed E-state index contributed by atoms with van der Waals surface area (Å²) in [6.45, 7) is 2.24. The Bertz CT molecular complexity index is 379. The van der Waals surface area contributed by atoms with Crippen LogP contribution in [-0.4, -0.2) is 31.9 Å². The molecular formula is C15H23NO2. The number of aryl methyl sites for hydroxylation is 1. The lowest BCUT2D eigenvalue weighted by Gasteiger charge is -2.25. The smallest absolute Gasteiger partial charge is 0.119 e. The molecule has 2 rings (SSSR count). The Morgan fingerprint density at radius 3 is 3.06 bits per heavy atom. The fraction of sp³-hybridized carbons (Fsp3) is 0.600. The van der Waals surface area contributed by atoms with Gasteiger partial charge >= 0.3 is 0 Å². The van der Waals surface area contributed by atoms with Gasteiger partial charge in [-0.15, -0.1) is 0 Å². The molecule has 0 fully saturated rings. The lowest BCUT2D eigenvalue weighted by Crippen LogP contribution is -2.28. The first-order chi connectivity index (χ1) is 8.83. The number of benzene rings is 1. The van der Waals surface area contributed by atoms with Crippen LogP contribution in [0.25, 0.3) is 0 Å². The molecule has 1 aliphatic rings. The summed E-state index contributed by atoms with van der Waals surface area (Å²) in [5, 5.41) is 12.2. The van der Waals surface area contributed by atoms with E-state index in [1.54, 1.807) is 7.11 Å². The van der Waals surface area contributed by atoms with Crippen molar-refractivity contribution in [1.82, 2.24) is 5.32 Å². The van der Waals surface area contributed by atoms with E-state index in [9.17, 15) is 0 Å². The van der Waals surface area contributed by atoms with E-state index in [1.807, 2.05) is 0 Å². The summed E-state index contributed by atoms with van der Waals surface area (Å²) in [5.74, 6) is 1.67. The van der Waals surface area contributed by atoms with E-state index < -0.39 is 0 Å². The number of nitrogens with one attached hydrogen (secondary N) is 1. The van der Waals surface area contributed by atoms with Gasteiger partial charge in [-0.05, 0) is 68.0 Å². The normalized spacial score (nSPS) is 18.4.